The maximum Gasteiger partial charge on any atom is 0.235 e. The van der Waals surface area contributed by atoms with Crippen molar-refractivity contribution in [2.24, 2.45) is 0 Å². The minimum absolute atomic E-state index is 0.0274. The van der Waals surface area contributed by atoms with E-state index in [1.165, 1.54) is 0 Å². The van der Waals surface area contributed by atoms with E-state index in [9.17, 15) is 9.00 Å². The van der Waals surface area contributed by atoms with Gasteiger partial charge in [0.15, 0.2) is 0 Å². The Labute approximate surface area is 227 Å². The fourth-order valence-electron chi connectivity index (χ4n) is 5.68. The predicted octanol–water partition coefficient (Wildman–Crippen LogP) is 6.11. The number of rotatable bonds is 4. The second-order valence-corrected chi connectivity index (χ2v) is 13.0. The molecule has 3 N–H and O–H groups in total. The third-order valence-electron chi connectivity index (χ3n) is 8.40. The number of aromatic nitrogens is 2. The molecule has 1 unspecified atom stereocenters. The molecular weight excluding hydrogens is 506 g/mol. The molecule has 7 nitrogen and oxygen atoms in total. The number of hydrogen-bond acceptors (Lipinski definition) is 6. The van der Waals surface area contributed by atoms with Crippen molar-refractivity contribution in [2.75, 3.05) is 10.6 Å². The molecule has 2 aromatic heterocycles. The van der Waals surface area contributed by atoms with Crippen molar-refractivity contribution in [3.8, 4) is 11.8 Å². The molecule has 2 aliphatic carbocycles. The molecule has 7 rings (SSSR count). The van der Waals surface area contributed by atoms with Gasteiger partial charge in [0.05, 0.1) is 15.1 Å². The van der Waals surface area contributed by atoms with E-state index in [0.717, 1.165) is 71.8 Å². The molecule has 3 heterocycles. The third kappa shape index (κ3) is 3.96. The highest BCUT2D eigenvalue weighted by Crippen LogP contribution is 2.51. The van der Waals surface area contributed by atoms with Crippen LogP contribution >= 0.6 is 0 Å². The van der Waals surface area contributed by atoms with Gasteiger partial charge in [-0.15, -0.1) is 0 Å². The highest BCUT2D eigenvalue weighted by Gasteiger charge is 2.50. The molecule has 2 saturated carbocycles. The number of fused-ring (bicyclic) bond motifs is 3. The summed E-state index contributed by atoms with van der Waals surface area (Å²) in [5.41, 5.74) is 3.90. The van der Waals surface area contributed by atoms with Gasteiger partial charge in [0.1, 0.15) is 11.5 Å². The van der Waals surface area contributed by atoms with Crippen LogP contribution in [0.4, 0.5) is 17.2 Å². The van der Waals surface area contributed by atoms with Crippen LogP contribution in [0, 0.1) is 16.6 Å². The van der Waals surface area contributed by atoms with Crippen LogP contribution in [0.3, 0.4) is 0 Å². The summed E-state index contributed by atoms with van der Waals surface area (Å²) in [6, 6.07) is 17.0. The quantitative estimate of drug-likeness (QED) is 0.275. The van der Waals surface area contributed by atoms with Gasteiger partial charge >= 0.3 is 0 Å². The molecular formula is C31H27N5O2S. The topological polar surface area (TPSA) is 108 Å². The predicted molar refractivity (Wildman–Crippen MR) is 153 cm³/mol. The standard InChI is InChI=1S/C31H27N5O2S/c32-39(38,23-3-1-4-23)24-9-7-22(8-10-24)35-29-18-25-21(19-34-29)13-16-33-27(25)12-6-20-5-11-26-28(17-20)36-30(37)31(26)14-2-15-31/h5,7-11,13,16-19,23,32H,1-4,14-15H2,(H,34,35)(H,36,37). The summed E-state index contributed by atoms with van der Waals surface area (Å²) in [7, 11) is -2.75. The first kappa shape index (κ1) is 23.9. The Bertz CT molecular complexity index is 1810. The lowest BCUT2D eigenvalue weighted by molar-refractivity contribution is -0.123. The van der Waals surface area contributed by atoms with Gasteiger partial charge in [0, 0.05) is 50.2 Å². The van der Waals surface area contributed by atoms with E-state index < -0.39 is 9.73 Å². The highest BCUT2D eigenvalue weighted by atomic mass is 32.2. The van der Waals surface area contributed by atoms with E-state index >= 15 is 0 Å². The molecule has 3 aliphatic rings. The van der Waals surface area contributed by atoms with Crippen molar-refractivity contribution in [1.82, 2.24) is 9.97 Å². The first-order valence-corrected chi connectivity index (χ1v) is 14.9. The van der Waals surface area contributed by atoms with Gasteiger partial charge in [0.2, 0.25) is 5.91 Å². The van der Waals surface area contributed by atoms with Crippen LogP contribution in [0.25, 0.3) is 10.8 Å². The highest BCUT2D eigenvalue weighted by molar-refractivity contribution is 7.93. The Morgan fingerprint density at radius 3 is 2.54 bits per heavy atom. The second kappa shape index (κ2) is 8.92. The summed E-state index contributed by atoms with van der Waals surface area (Å²) in [6.07, 6.45) is 9.22. The second-order valence-electron chi connectivity index (χ2n) is 10.7. The molecule has 8 heteroatoms. The average molecular weight is 534 g/mol. The van der Waals surface area contributed by atoms with E-state index in [-0.39, 0.29) is 16.6 Å². The van der Waals surface area contributed by atoms with Crippen molar-refractivity contribution in [1.29, 1.82) is 4.78 Å². The summed E-state index contributed by atoms with van der Waals surface area (Å²) in [5.74, 6) is 7.18. The number of nitrogens with zero attached hydrogens (tertiary/aromatic N) is 2. The maximum absolute atomic E-state index is 12.9. The summed E-state index contributed by atoms with van der Waals surface area (Å²) in [6.45, 7) is 0. The average Bonchev–Trinajstić information content (AvgIpc) is 3.18. The van der Waals surface area contributed by atoms with Gasteiger partial charge in [-0.05, 0) is 85.7 Å². The Morgan fingerprint density at radius 1 is 1.00 bits per heavy atom. The van der Waals surface area contributed by atoms with Crippen LogP contribution in [0.2, 0.25) is 0 Å². The lowest BCUT2D eigenvalue weighted by atomic mass is 9.65. The van der Waals surface area contributed by atoms with E-state index in [1.54, 1.807) is 24.5 Å². The van der Waals surface area contributed by atoms with Crippen LogP contribution in [0.5, 0.6) is 0 Å². The van der Waals surface area contributed by atoms with Gasteiger partial charge in [-0.25, -0.2) is 19.0 Å². The molecule has 1 aliphatic heterocycles. The molecule has 0 bridgehead atoms. The number of carbonyl (C=O) groups excluding carboxylic acids is 1. The third-order valence-corrected chi connectivity index (χ3v) is 10.8. The van der Waals surface area contributed by atoms with Crippen molar-refractivity contribution in [3.63, 3.8) is 0 Å². The fraction of sp³-hybridized carbons (Fsp3) is 0.258. The molecule has 2 fully saturated rings. The molecule has 194 valence electrons. The van der Waals surface area contributed by atoms with Crippen molar-refractivity contribution < 1.29 is 9.00 Å². The molecule has 1 spiro atoms. The normalized spacial score (nSPS) is 18.7. The Kier molecular flexibility index (Phi) is 5.46. The van der Waals surface area contributed by atoms with Crippen molar-refractivity contribution >= 4 is 43.6 Å². The number of hydrogen-bond donors (Lipinski definition) is 3. The summed E-state index contributed by atoms with van der Waals surface area (Å²) < 4.78 is 21.3. The largest absolute Gasteiger partial charge is 0.340 e. The van der Waals surface area contributed by atoms with Crippen LogP contribution < -0.4 is 10.6 Å². The zero-order valence-electron chi connectivity index (χ0n) is 21.3. The lowest BCUT2D eigenvalue weighted by Gasteiger charge is -2.36. The zero-order chi connectivity index (χ0) is 26.6. The van der Waals surface area contributed by atoms with Crippen LogP contribution in [0.1, 0.15) is 55.3 Å². The number of benzene rings is 2. The van der Waals surface area contributed by atoms with Gasteiger partial charge in [-0.3, -0.25) is 4.79 Å². The minimum Gasteiger partial charge on any atom is -0.340 e. The Morgan fingerprint density at radius 2 is 1.82 bits per heavy atom. The minimum atomic E-state index is -2.75. The van der Waals surface area contributed by atoms with E-state index in [4.69, 9.17) is 4.78 Å². The number of pyridine rings is 2. The number of nitrogens with one attached hydrogen (secondary N) is 3. The molecule has 39 heavy (non-hydrogen) atoms. The number of anilines is 3. The molecule has 1 atom stereocenters. The summed E-state index contributed by atoms with van der Waals surface area (Å²) in [5, 5.41) is 8.13. The van der Waals surface area contributed by atoms with Crippen molar-refractivity contribution in [2.45, 2.75) is 54.1 Å². The van der Waals surface area contributed by atoms with Gasteiger partial charge in [0.25, 0.3) is 0 Å². The van der Waals surface area contributed by atoms with E-state index in [0.29, 0.717) is 16.4 Å². The Hall–Kier alpha value is -4.22. The molecule has 1 amide bonds. The monoisotopic (exact) mass is 533 g/mol. The fourth-order valence-corrected chi connectivity index (χ4v) is 7.60. The van der Waals surface area contributed by atoms with Crippen LogP contribution in [-0.2, 0) is 19.9 Å². The zero-order valence-corrected chi connectivity index (χ0v) is 22.1. The number of amides is 1. The summed E-state index contributed by atoms with van der Waals surface area (Å²) >= 11 is 0. The molecule has 4 aromatic rings. The van der Waals surface area contributed by atoms with Crippen LogP contribution in [-0.4, -0.2) is 25.3 Å². The summed E-state index contributed by atoms with van der Waals surface area (Å²) in [4.78, 5) is 22.2. The van der Waals surface area contributed by atoms with Gasteiger partial charge in [-0.1, -0.05) is 24.8 Å². The molecule has 0 radical (unpaired) electrons. The SMILES string of the molecule is N=S(=O)(c1ccc(Nc2cc3c(C#Cc4ccc5c(c4)NC(=O)C54CCC4)nccc3cn2)cc1)C1CCC1. The first-order chi connectivity index (χ1) is 18.9. The van der Waals surface area contributed by atoms with E-state index in [1.807, 2.05) is 42.5 Å². The lowest BCUT2D eigenvalue weighted by Crippen LogP contribution is -2.40. The maximum atomic E-state index is 12.9. The van der Waals surface area contributed by atoms with E-state index in [2.05, 4.69) is 32.4 Å². The van der Waals surface area contributed by atoms with Gasteiger partial charge in [-0.2, -0.15) is 0 Å². The van der Waals surface area contributed by atoms with Crippen LogP contribution in [0.15, 0.2) is 71.9 Å². The molecule has 2 aromatic carbocycles. The smallest absolute Gasteiger partial charge is 0.235 e. The van der Waals surface area contributed by atoms with Crippen molar-refractivity contribution in [3.05, 3.63) is 83.8 Å². The Balaban J connectivity index is 1.14. The molecule has 0 saturated heterocycles. The first-order valence-electron chi connectivity index (χ1n) is 13.3. The number of carbonyl (C=O) groups is 1. The van der Waals surface area contributed by atoms with Gasteiger partial charge < -0.3 is 10.6 Å².